The van der Waals surface area contributed by atoms with Gasteiger partial charge in [0.15, 0.2) is 0 Å². The van der Waals surface area contributed by atoms with Crippen molar-refractivity contribution in [3.63, 3.8) is 0 Å². The number of rotatable bonds is 10. The van der Waals surface area contributed by atoms with Crippen molar-refractivity contribution in [2.45, 2.75) is 73.4 Å². The van der Waals surface area contributed by atoms with Crippen LogP contribution >= 0.6 is 0 Å². The summed E-state index contributed by atoms with van der Waals surface area (Å²) in [6.45, 7) is 16.2. The van der Waals surface area contributed by atoms with E-state index in [0.29, 0.717) is 24.1 Å². The third-order valence-corrected chi connectivity index (χ3v) is 6.06. The molecule has 2 rings (SSSR count). The number of allylic oxidation sites excluding steroid dienone is 9. The Hall–Kier alpha value is -3.54. The van der Waals surface area contributed by atoms with Gasteiger partial charge in [0.05, 0.1) is 0 Å². The van der Waals surface area contributed by atoms with E-state index < -0.39 is 18.0 Å². The molecule has 1 aromatic carbocycles. The number of aliphatic carboxylic acids is 1. The lowest BCUT2D eigenvalue weighted by Crippen LogP contribution is -2.18. The van der Waals surface area contributed by atoms with Crippen molar-refractivity contribution in [1.29, 1.82) is 0 Å². The van der Waals surface area contributed by atoms with Gasteiger partial charge >= 0.3 is 5.97 Å². The number of alkyl halides is 1. The number of carboxylic acids is 1. The number of aliphatic imine (C=N–C) groups is 1. The van der Waals surface area contributed by atoms with Crippen molar-refractivity contribution >= 4 is 11.8 Å². The molecule has 0 saturated heterocycles. The number of halogens is 2. The van der Waals surface area contributed by atoms with Crippen LogP contribution in [0.3, 0.4) is 0 Å². The fourth-order valence-corrected chi connectivity index (χ4v) is 3.36. The van der Waals surface area contributed by atoms with Gasteiger partial charge in [0.25, 0.3) is 0 Å². The highest BCUT2D eigenvalue weighted by Gasteiger charge is 2.13. The van der Waals surface area contributed by atoms with Crippen molar-refractivity contribution in [2.24, 2.45) is 16.8 Å². The van der Waals surface area contributed by atoms with Crippen LogP contribution in [0.4, 0.5) is 8.78 Å². The predicted molar refractivity (Wildman–Crippen MR) is 162 cm³/mol. The Morgan fingerprint density at radius 1 is 1.18 bits per heavy atom. The standard InChI is InChI=1S/C17H28O2.C14H12F2N2.C2H6/c1-6-13(3)8-9-14(4)15(5)10-11-16(7-2)12-17(18)19;15-12-6-8-17-14(11-4-2-1-3-5-11)18-9-7-13(16)10-12;1-2/h6,8-9,15-16H,1,7,10-12H2,2-5H3,(H,18,19);1-10,12H,(H,17,18);1-2H3/b13-8-,14-9+;8-6+,9-7+,13-10?;. The van der Waals surface area contributed by atoms with Crippen molar-refractivity contribution in [1.82, 2.24) is 5.32 Å². The first-order valence-electron chi connectivity index (χ1n) is 13.6. The van der Waals surface area contributed by atoms with E-state index in [0.717, 1.165) is 42.6 Å². The van der Waals surface area contributed by atoms with Crippen LogP contribution < -0.4 is 5.32 Å². The maximum Gasteiger partial charge on any atom is 0.303 e. The van der Waals surface area contributed by atoms with Gasteiger partial charge in [-0.1, -0.05) is 100 Å². The van der Waals surface area contributed by atoms with E-state index in [1.54, 1.807) is 0 Å². The molecule has 1 aliphatic heterocycles. The summed E-state index contributed by atoms with van der Waals surface area (Å²) in [6.07, 6.45) is 13.8. The van der Waals surface area contributed by atoms with Crippen molar-refractivity contribution in [3.8, 4) is 0 Å². The first-order valence-corrected chi connectivity index (χ1v) is 13.6. The van der Waals surface area contributed by atoms with Gasteiger partial charge in [-0.05, 0) is 56.8 Å². The van der Waals surface area contributed by atoms with Crippen LogP contribution in [-0.2, 0) is 4.79 Å². The van der Waals surface area contributed by atoms with Gasteiger partial charge in [-0.15, -0.1) is 0 Å². The van der Waals surface area contributed by atoms with Crippen LogP contribution in [0, 0.1) is 11.8 Å². The van der Waals surface area contributed by atoms with Gasteiger partial charge in [0.2, 0.25) is 0 Å². The number of amidine groups is 1. The molecule has 0 amide bonds. The average Bonchev–Trinajstić information content (AvgIpc) is 2.94. The predicted octanol–water partition coefficient (Wildman–Crippen LogP) is 9.26. The van der Waals surface area contributed by atoms with Gasteiger partial charge in [0, 0.05) is 24.4 Å². The normalized spacial score (nSPS) is 18.7. The summed E-state index contributed by atoms with van der Waals surface area (Å²) in [7, 11) is 0. The molecule has 0 saturated carbocycles. The Morgan fingerprint density at radius 3 is 2.44 bits per heavy atom. The van der Waals surface area contributed by atoms with Gasteiger partial charge in [-0.25, -0.2) is 13.8 Å². The van der Waals surface area contributed by atoms with Gasteiger partial charge in [-0.2, -0.15) is 0 Å². The second-order valence-electron chi connectivity index (χ2n) is 9.03. The molecule has 0 bridgehead atoms. The summed E-state index contributed by atoms with van der Waals surface area (Å²) in [5, 5.41) is 11.7. The second kappa shape index (κ2) is 21.4. The van der Waals surface area contributed by atoms with Crippen molar-refractivity contribution in [2.75, 3.05) is 0 Å². The Morgan fingerprint density at radius 2 is 1.85 bits per heavy atom. The van der Waals surface area contributed by atoms with Crippen LogP contribution in [0.15, 0.2) is 108 Å². The molecule has 1 heterocycles. The van der Waals surface area contributed by atoms with E-state index in [4.69, 9.17) is 5.11 Å². The summed E-state index contributed by atoms with van der Waals surface area (Å²) in [6, 6.07) is 9.33. The summed E-state index contributed by atoms with van der Waals surface area (Å²) in [5.74, 6) is 0.0187. The Balaban J connectivity index is 0.000000696. The molecule has 4 nitrogen and oxygen atoms in total. The number of nitrogens with one attached hydrogen (secondary N) is 1. The minimum atomic E-state index is -1.48. The minimum Gasteiger partial charge on any atom is -0.481 e. The summed E-state index contributed by atoms with van der Waals surface area (Å²) >= 11 is 0. The smallest absolute Gasteiger partial charge is 0.303 e. The highest BCUT2D eigenvalue weighted by molar-refractivity contribution is 5.99. The number of nitrogens with zero attached hydrogens (tertiary/aromatic N) is 1. The molecule has 3 atom stereocenters. The van der Waals surface area contributed by atoms with Crippen LogP contribution in [-0.4, -0.2) is 23.1 Å². The maximum atomic E-state index is 13.2. The molecule has 0 fully saturated rings. The zero-order valence-corrected chi connectivity index (χ0v) is 24.3. The molecular formula is C33H46F2N2O2. The fourth-order valence-electron chi connectivity index (χ4n) is 3.36. The zero-order valence-electron chi connectivity index (χ0n) is 24.3. The number of hydrogen-bond donors (Lipinski definition) is 2. The largest absolute Gasteiger partial charge is 0.481 e. The topological polar surface area (TPSA) is 61.7 Å². The first-order chi connectivity index (χ1) is 18.7. The number of carbonyl (C=O) groups is 1. The SMILES string of the molecule is C=C/C(C)=C\C=C(/C)C(C)CCC(CC)CC(=O)O.CC.FC1=CC(F)/C=C/N=C(c2ccccc2)N/C=C/1. The molecule has 2 N–H and O–H groups in total. The molecule has 6 heteroatoms. The quantitative estimate of drug-likeness (QED) is 0.291. The van der Waals surface area contributed by atoms with Crippen molar-refractivity contribution in [3.05, 3.63) is 108 Å². The highest BCUT2D eigenvalue weighted by atomic mass is 19.1. The number of carboxylic acid groups (broad SMARTS) is 1. The number of hydrogen-bond acceptors (Lipinski definition) is 3. The van der Waals surface area contributed by atoms with Crippen LogP contribution in [0.2, 0.25) is 0 Å². The third-order valence-electron chi connectivity index (χ3n) is 6.06. The van der Waals surface area contributed by atoms with Crippen LogP contribution in [0.5, 0.6) is 0 Å². The molecule has 39 heavy (non-hydrogen) atoms. The molecular weight excluding hydrogens is 494 g/mol. The molecule has 0 spiro atoms. The second-order valence-corrected chi connectivity index (χ2v) is 9.03. The molecule has 1 aliphatic rings. The average molecular weight is 541 g/mol. The third kappa shape index (κ3) is 16.8. The van der Waals surface area contributed by atoms with E-state index in [9.17, 15) is 13.6 Å². The van der Waals surface area contributed by atoms with Crippen LogP contribution in [0.1, 0.15) is 72.8 Å². The Labute approximate surface area is 234 Å². The molecule has 214 valence electrons. The molecule has 0 radical (unpaired) electrons. The Bertz CT molecular complexity index is 1040. The lowest BCUT2D eigenvalue weighted by atomic mass is 9.89. The Kier molecular flexibility index (Phi) is 19.5. The number of benzene rings is 1. The molecule has 1 aromatic rings. The fraction of sp³-hybridized carbons (Fsp3) is 0.394. The monoisotopic (exact) mass is 540 g/mol. The lowest BCUT2D eigenvalue weighted by molar-refractivity contribution is -0.138. The molecule has 0 aliphatic carbocycles. The van der Waals surface area contributed by atoms with Gasteiger partial charge in [0.1, 0.15) is 17.8 Å². The van der Waals surface area contributed by atoms with Gasteiger partial charge < -0.3 is 10.4 Å². The maximum absolute atomic E-state index is 13.2. The first kappa shape index (κ1) is 35.5. The summed E-state index contributed by atoms with van der Waals surface area (Å²) < 4.78 is 26.3. The highest BCUT2D eigenvalue weighted by Crippen LogP contribution is 2.23. The van der Waals surface area contributed by atoms with Crippen molar-refractivity contribution < 1.29 is 18.7 Å². The molecule has 0 aromatic heterocycles. The minimum absolute atomic E-state index is 0.293. The zero-order chi connectivity index (χ0) is 29.6. The summed E-state index contributed by atoms with van der Waals surface area (Å²) in [5.41, 5.74) is 3.34. The summed E-state index contributed by atoms with van der Waals surface area (Å²) in [4.78, 5) is 14.8. The lowest BCUT2D eigenvalue weighted by Gasteiger charge is -2.16. The van der Waals surface area contributed by atoms with E-state index in [1.165, 1.54) is 24.0 Å². The van der Waals surface area contributed by atoms with Crippen LogP contribution in [0.25, 0.3) is 0 Å². The van der Waals surface area contributed by atoms with E-state index in [1.807, 2.05) is 57.2 Å². The van der Waals surface area contributed by atoms with E-state index in [2.05, 4.69) is 49.8 Å². The van der Waals surface area contributed by atoms with E-state index >= 15 is 0 Å². The molecule has 3 unspecified atom stereocenters. The van der Waals surface area contributed by atoms with E-state index in [-0.39, 0.29) is 0 Å². The van der Waals surface area contributed by atoms with Gasteiger partial charge in [-0.3, -0.25) is 4.79 Å².